The van der Waals surface area contributed by atoms with Crippen molar-refractivity contribution >= 4 is 23.8 Å². The van der Waals surface area contributed by atoms with Gasteiger partial charge in [0.1, 0.15) is 6.04 Å². The largest absolute Gasteiger partial charge is 0.468 e. The molecule has 0 aromatic carbocycles. The number of rotatable bonds is 7. The molecule has 0 unspecified atom stereocenters. The van der Waals surface area contributed by atoms with Crippen molar-refractivity contribution in [2.75, 3.05) is 27.4 Å². The number of amides is 2. The van der Waals surface area contributed by atoms with Crippen LogP contribution in [0.3, 0.4) is 0 Å². The van der Waals surface area contributed by atoms with Crippen LogP contribution in [-0.2, 0) is 33.4 Å². The van der Waals surface area contributed by atoms with Gasteiger partial charge in [0, 0.05) is 12.5 Å². The lowest BCUT2D eigenvalue weighted by Gasteiger charge is -2.27. The second-order valence-electron chi connectivity index (χ2n) is 5.33. The SMILES string of the molecule is COC(=O)C(C(=O)OC)[C@H](C)[C@@H](NC(=O)[C@H]1CCOC1)C(N)=O. The summed E-state index contributed by atoms with van der Waals surface area (Å²) < 4.78 is 14.2. The number of ether oxygens (including phenoxy) is 3. The number of hydrogen-bond donors (Lipinski definition) is 2. The molecule has 0 bridgehead atoms. The van der Waals surface area contributed by atoms with Gasteiger partial charge >= 0.3 is 11.9 Å². The predicted octanol–water partition coefficient (Wildman–Crippen LogP) is -1.41. The van der Waals surface area contributed by atoms with E-state index in [0.717, 1.165) is 14.2 Å². The molecule has 1 aliphatic heterocycles. The molecule has 130 valence electrons. The average molecular weight is 330 g/mol. The lowest BCUT2D eigenvalue weighted by atomic mass is 9.86. The van der Waals surface area contributed by atoms with Crippen molar-refractivity contribution < 1.29 is 33.4 Å². The summed E-state index contributed by atoms with van der Waals surface area (Å²) >= 11 is 0. The summed E-state index contributed by atoms with van der Waals surface area (Å²) in [6.07, 6.45) is 0.531. The summed E-state index contributed by atoms with van der Waals surface area (Å²) in [4.78, 5) is 47.5. The highest BCUT2D eigenvalue weighted by atomic mass is 16.5. The van der Waals surface area contributed by atoms with E-state index in [1.165, 1.54) is 6.92 Å². The quantitative estimate of drug-likeness (QED) is 0.432. The van der Waals surface area contributed by atoms with Crippen molar-refractivity contribution in [3.05, 3.63) is 0 Å². The molecule has 0 saturated carbocycles. The first-order valence-electron chi connectivity index (χ1n) is 7.16. The van der Waals surface area contributed by atoms with Gasteiger partial charge in [0.15, 0.2) is 5.92 Å². The van der Waals surface area contributed by atoms with E-state index in [1.807, 2.05) is 0 Å². The third kappa shape index (κ3) is 4.65. The molecule has 3 N–H and O–H groups in total. The molecule has 3 atom stereocenters. The van der Waals surface area contributed by atoms with Gasteiger partial charge in [-0.25, -0.2) is 0 Å². The smallest absolute Gasteiger partial charge is 0.320 e. The standard InChI is InChI=1S/C14H22N2O7/c1-7(9(13(19)21-2)14(20)22-3)10(11(15)17)16-12(18)8-4-5-23-6-8/h7-10H,4-6H2,1-3H3,(H2,15,17)(H,16,18)/t7-,8-,10+/m0/s1. The van der Waals surface area contributed by atoms with Crippen LogP contribution in [0.25, 0.3) is 0 Å². The molecule has 0 spiro atoms. The molecular weight excluding hydrogens is 308 g/mol. The highest BCUT2D eigenvalue weighted by Crippen LogP contribution is 2.21. The maximum absolute atomic E-state index is 12.1. The number of nitrogens with one attached hydrogen (secondary N) is 1. The number of carbonyl (C=O) groups excluding carboxylic acids is 4. The minimum absolute atomic E-state index is 0.253. The maximum atomic E-state index is 12.1. The van der Waals surface area contributed by atoms with E-state index in [1.54, 1.807) is 0 Å². The van der Waals surface area contributed by atoms with E-state index in [-0.39, 0.29) is 6.61 Å². The van der Waals surface area contributed by atoms with Crippen LogP contribution in [0.1, 0.15) is 13.3 Å². The molecule has 0 aromatic heterocycles. The minimum atomic E-state index is -1.37. The summed E-state index contributed by atoms with van der Waals surface area (Å²) in [6.45, 7) is 2.16. The van der Waals surface area contributed by atoms with Crippen molar-refractivity contribution in [1.29, 1.82) is 0 Å². The van der Waals surface area contributed by atoms with Gasteiger partial charge in [-0.05, 0) is 6.42 Å². The minimum Gasteiger partial charge on any atom is -0.468 e. The fraction of sp³-hybridized carbons (Fsp3) is 0.714. The maximum Gasteiger partial charge on any atom is 0.320 e. The molecule has 1 aliphatic rings. The molecule has 1 saturated heterocycles. The van der Waals surface area contributed by atoms with Crippen LogP contribution in [0, 0.1) is 17.8 Å². The van der Waals surface area contributed by atoms with Gasteiger partial charge in [0.05, 0.1) is 26.7 Å². The third-order valence-corrected chi connectivity index (χ3v) is 3.87. The van der Waals surface area contributed by atoms with Crippen molar-refractivity contribution in [3.63, 3.8) is 0 Å². The van der Waals surface area contributed by atoms with E-state index in [2.05, 4.69) is 14.8 Å². The van der Waals surface area contributed by atoms with Gasteiger partial charge in [-0.1, -0.05) is 6.92 Å². The normalized spacial score (nSPS) is 19.7. The Morgan fingerprint density at radius 1 is 1.17 bits per heavy atom. The van der Waals surface area contributed by atoms with Crippen LogP contribution in [-0.4, -0.2) is 57.2 Å². The first-order chi connectivity index (χ1) is 10.8. The Bertz CT molecular complexity index is 458. The fourth-order valence-corrected chi connectivity index (χ4v) is 2.45. The van der Waals surface area contributed by atoms with Crippen molar-refractivity contribution in [2.45, 2.75) is 19.4 Å². The summed E-state index contributed by atoms with van der Waals surface area (Å²) in [5.41, 5.74) is 5.32. The Morgan fingerprint density at radius 2 is 1.74 bits per heavy atom. The zero-order valence-corrected chi connectivity index (χ0v) is 13.4. The Balaban J connectivity index is 2.92. The number of hydrogen-bond acceptors (Lipinski definition) is 7. The lowest BCUT2D eigenvalue weighted by Crippen LogP contribution is -2.54. The van der Waals surface area contributed by atoms with Crippen LogP contribution in [0.15, 0.2) is 0 Å². The molecular formula is C14H22N2O7. The molecule has 2 amide bonds. The van der Waals surface area contributed by atoms with Crippen LogP contribution in [0.5, 0.6) is 0 Å². The van der Waals surface area contributed by atoms with Crippen molar-refractivity contribution in [2.24, 2.45) is 23.5 Å². The average Bonchev–Trinajstić information content (AvgIpc) is 3.05. The molecule has 1 heterocycles. The first-order valence-corrected chi connectivity index (χ1v) is 7.16. The van der Waals surface area contributed by atoms with E-state index in [9.17, 15) is 19.2 Å². The molecule has 9 heteroatoms. The van der Waals surface area contributed by atoms with E-state index < -0.39 is 47.5 Å². The number of nitrogens with two attached hydrogens (primary N) is 1. The third-order valence-electron chi connectivity index (χ3n) is 3.87. The first kappa shape index (κ1) is 18.9. The van der Waals surface area contributed by atoms with E-state index >= 15 is 0 Å². The second kappa shape index (κ2) is 8.47. The summed E-state index contributed by atoms with van der Waals surface area (Å²) in [5, 5.41) is 2.49. The molecule has 0 aromatic rings. The summed E-state index contributed by atoms with van der Waals surface area (Å²) in [5.74, 6) is -5.70. The van der Waals surface area contributed by atoms with Gasteiger partial charge < -0.3 is 25.3 Å². The van der Waals surface area contributed by atoms with Crippen LogP contribution >= 0.6 is 0 Å². The van der Waals surface area contributed by atoms with Gasteiger partial charge in [-0.2, -0.15) is 0 Å². The number of primary amides is 1. The monoisotopic (exact) mass is 330 g/mol. The highest BCUT2D eigenvalue weighted by molar-refractivity contribution is 5.97. The highest BCUT2D eigenvalue weighted by Gasteiger charge is 2.42. The van der Waals surface area contributed by atoms with Crippen molar-refractivity contribution in [1.82, 2.24) is 5.32 Å². The van der Waals surface area contributed by atoms with Crippen LogP contribution < -0.4 is 11.1 Å². The molecule has 0 radical (unpaired) electrons. The van der Waals surface area contributed by atoms with Gasteiger partial charge in [0.25, 0.3) is 0 Å². The van der Waals surface area contributed by atoms with E-state index in [0.29, 0.717) is 13.0 Å². The number of esters is 2. The fourth-order valence-electron chi connectivity index (χ4n) is 2.45. The number of methoxy groups -OCH3 is 2. The molecule has 0 aliphatic carbocycles. The van der Waals surface area contributed by atoms with Crippen molar-refractivity contribution in [3.8, 4) is 0 Å². The Kier molecular flexibility index (Phi) is 6.95. The van der Waals surface area contributed by atoms with Crippen LogP contribution in [0.4, 0.5) is 0 Å². The van der Waals surface area contributed by atoms with Gasteiger partial charge in [0.2, 0.25) is 11.8 Å². The topological polar surface area (TPSA) is 134 Å². The molecule has 9 nitrogen and oxygen atoms in total. The molecule has 23 heavy (non-hydrogen) atoms. The summed E-state index contributed by atoms with van der Waals surface area (Å²) in [7, 11) is 2.22. The molecule has 1 rings (SSSR count). The van der Waals surface area contributed by atoms with Gasteiger partial charge in [-0.3, -0.25) is 19.2 Å². The number of carbonyl (C=O) groups is 4. The zero-order valence-electron chi connectivity index (χ0n) is 13.4. The second-order valence-corrected chi connectivity index (χ2v) is 5.33. The Morgan fingerprint density at radius 3 is 2.13 bits per heavy atom. The zero-order chi connectivity index (χ0) is 17.6. The molecule has 1 fully saturated rings. The van der Waals surface area contributed by atoms with Gasteiger partial charge in [-0.15, -0.1) is 0 Å². The Hall–Kier alpha value is -2.16. The van der Waals surface area contributed by atoms with E-state index in [4.69, 9.17) is 10.5 Å². The predicted molar refractivity (Wildman–Crippen MR) is 76.7 cm³/mol. The Labute approximate surface area is 133 Å². The van der Waals surface area contributed by atoms with Crippen LogP contribution in [0.2, 0.25) is 0 Å². The lowest BCUT2D eigenvalue weighted by molar-refractivity contribution is -0.162. The summed E-state index contributed by atoms with van der Waals surface area (Å²) in [6, 6.07) is -1.22.